The molecule has 0 saturated carbocycles. The zero-order valence-electron chi connectivity index (χ0n) is 20.1. The summed E-state index contributed by atoms with van der Waals surface area (Å²) in [5.41, 5.74) is 0. The molecule has 0 saturated heterocycles. The molecule has 27 heavy (non-hydrogen) atoms. The molecular formula is C21H47Au2Cl2P2-3. The van der Waals surface area contributed by atoms with Crippen LogP contribution in [0.15, 0.2) is 0 Å². The average molecular weight is 826 g/mol. The van der Waals surface area contributed by atoms with Crippen LogP contribution in [0.5, 0.6) is 0 Å². The van der Waals surface area contributed by atoms with E-state index in [0.717, 1.165) is 0 Å². The molecule has 0 aliphatic rings. The first kappa shape index (κ1) is 40.3. The molecule has 0 spiro atoms. The van der Waals surface area contributed by atoms with Crippen LogP contribution < -0.4 is 0 Å². The average Bonchev–Trinajstić information content (AvgIpc) is 2.39. The van der Waals surface area contributed by atoms with Gasteiger partial charge in [0.05, 0.1) is 0 Å². The molecule has 0 N–H and O–H groups in total. The Hall–Kier alpha value is 2.92. The molecule has 0 unspecified atom stereocenters. The third-order valence-electron chi connectivity index (χ3n) is 5.14. The fourth-order valence-corrected chi connectivity index (χ4v) is 6.04. The molecule has 0 aliphatic carbocycles. The van der Waals surface area contributed by atoms with Gasteiger partial charge in [0.1, 0.15) is 0 Å². The first-order chi connectivity index (χ1) is 11.0. The monoisotopic (exact) mass is 825 g/mol. The van der Waals surface area contributed by atoms with Gasteiger partial charge < -0.3 is 7.43 Å². The van der Waals surface area contributed by atoms with Gasteiger partial charge in [0.15, 0.2) is 0 Å². The summed E-state index contributed by atoms with van der Waals surface area (Å²) in [6.07, 6.45) is 0. The standard InChI is InChI=1S/2C10H22P.CH3.2Au.2ClH/c2*1-9(2,3)11(7,8)10(4,5)6;;;;;/h2*7-8H2,1-6H3;1H3;;;2*1H/q3*-1;2*+1;;/p-2. The predicted octanol–water partition coefficient (Wildman–Crippen LogP) is 10.2. The molecule has 180 valence electrons. The Labute approximate surface area is 209 Å². The van der Waals surface area contributed by atoms with E-state index in [1.165, 1.54) is 0 Å². The van der Waals surface area contributed by atoms with E-state index >= 15 is 0 Å². The zero-order chi connectivity index (χ0) is 23.0. The fourth-order valence-electron chi connectivity index (χ4n) is 2.01. The van der Waals surface area contributed by atoms with Crippen molar-refractivity contribution in [1.82, 2.24) is 0 Å². The number of halogens is 2. The Morgan fingerprint density at radius 3 is 0.519 bits per heavy atom. The van der Waals surface area contributed by atoms with Crippen LogP contribution in [0.1, 0.15) is 83.1 Å². The van der Waals surface area contributed by atoms with Crippen LogP contribution in [0.2, 0.25) is 0 Å². The molecule has 0 heterocycles. The maximum atomic E-state index is 4.58. The topological polar surface area (TPSA) is 0 Å². The van der Waals surface area contributed by atoms with E-state index in [4.69, 9.17) is 0 Å². The molecule has 0 rings (SSSR count). The molecular weight excluding hydrogens is 779 g/mol. The van der Waals surface area contributed by atoms with Crippen LogP contribution >= 0.6 is 32.9 Å². The van der Waals surface area contributed by atoms with E-state index in [-0.39, 0.29) is 28.1 Å². The van der Waals surface area contributed by atoms with Crippen molar-refractivity contribution in [2.45, 2.75) is 104 Å². The van der Waals surface area contributed by atoms with Crippen LogP contribution in [0, 0.1) is 34.1 Å². The molecule has 0 radical (unpaired) electrons. The molecule has 0 nitrogen and oxygen atoms in total. The van der Waals surface area contributed by atoms with Gasteiger partial charge in [-0.05, 0) is 83.1 Å². The molecule has 0 aromatic carbocycles. The Morgan fingerprint density at radius 2 is 0.519 bits per heavy atom. The first-order valence-electron chi connectivity index (χ1n) is 8.39. The molecule has 0 aliphatic heterocycles. The van der Waals surface area contributed by atoms with Crippen LogP contribution in [0.3, 0.4) is 0 Å². The third kappa shape index (κ3) is 13.8. The van der Waals surface area contributed by atoms with Crippen LogP contribution in [-0.4, -0.2) is 20.6 Å². The van der Waals surface area contributed by atoms with Crippen LogP contribution in [-0.2, 0) is 40.0 Å². The Morgan fingerprint density at radius 1 is 0.444 bits per heavy atom. The van der Waals surface area contributed by atoms with Crippen molar-refractivity contribution in [3.8, 4) is 0 Å². The quantitative estimate of drug-likeness (QED) is 0.130. The van der Waals surface area contributed by atoms with Gasteiger partial charge in [-0.25, -0.2) is 26.7 Å². The number of hydrogen-bond donors (Lipinski definition) is 0. The Balaban J connectivity index is -0.0000000975. The predicted molar refractivity (Wildman–Crippen MR) is 132 cm³/mol. The summed E-state index contributed by atoms with van der Waals surface area (Å²) in [7, 11) is 6.55. The Kier molecular flexibility index (Phi) is 22.2. The minimum atomic E-state index is -1.31. The van der Waals surface area contributed by atoms with E-state index in [1.807, 2.05) is 0 Å². The first-order valence-corrected chi connectivity index (χ1v) is 18.1. The van der Waals surface area contributed by atoms with Gasteiger partial charge in [0.25, 0.3) is 0 Å². The molecule has 0 fully saturated rings. The van der Waals surface area contributed by atoms with Gasteiger partial charge in [0.2, 0.25) is 0 Å². The zero-order valence-corrected chi connectivity index (χ0v) is 27.7. The summed E-state index contributed by atoms with van der Waals surface area (Å²) in [5, 5.41) is 1.08. The Bertz CT molecular complexity index is 288. The van der Waals surface area contributed by atoms with E-state index in [0.29, 0.717) is 0 Å². The molecule has 0 atom stereocenters. The van der Waals surface area contributed by atoms with E-state index in [9.17, 15) is 0 Å². The third-order valence-corrected chi connectivity index (χ3v) is 15.4. The van der Waals surface area contributed by atoms with Crippen molar-refractivity contribution >= 4 is 32.9 Å². The van der Waals surface area contributed by atoms with Crippen molar-refractivity contribution in [1.29, 1.82) is 0 Å². The van der Waals surface area contributed by atoms with E-state index in [1.54, 1.807) is 40.0 Å². The van der Waals surface area contributed by atoms with Crippen molar-refractivity contribution in [2.75, 3.05) is 0 Å². The van der Waals surface area contributed by atoms with Crippen molar-refractivity contribution in [3.63, 3.8) is 0 Å². The van der Waals surface area contributed by atoms with Crippen LogP contribution in [0.25, 0.3) is 0 Å². The maximum absolute atomic E-state index is 4.58. The SMILES string of the molecule is [CH2-][P+]([CH2-])(C(C)(C)C)C(C)(C)C.[CH2-][P+]([CH2-])(C(C)(C)C)C(C)(C)C.[CH3-].[Cl][Au].[Cl][Au]. The summed E-state index contributed by atoms with van der Waals surface area (Å²) in [6, 6.07) is 0. The normalized spacial score (nSPS) is 13.0. The summed E-state index contributed by atoms with van der Waals surface area (Å²) in [4.78, 5) is 0. The summed E-state index contributed by atoms with van der Waals surface area (Å²) < 4.78 is 0. The fraction of sp³-hybridized carbons (Fsp3) is 0.762. The van der Waals surface area contributed by atoms with E-state index in [2.05, 4.69) is 128 Å². The molecule has 0 amide bonds. The number of hydrogen-bond acceptors (Lipinski definition) is 0. The van der Waals surface area contributed by atoms with Gasteiger partial charge >= 0.3 is 58.4 Å². The molecule has 0 aromatic rings. The van der Waals surface area contributed by atoms with Gasteiger partial charge in [-0.2, -0.15) is 0 Å². The second kappa shape index (κ2) is 14.9. The van der Waals surface area contributed by atoms with Crippen molar-refractivity contribution < 1.29 is 40.0 Å². The van der Waals surface area contributed by atoms with Crippen LogP contribution in [0.4, 0.5) is 0 Å². The van der Waals surface area contributed by atoms with Gasteiger partial charge in [-0.3, -0.25) is 14.5 Å². The molecule has 0 bridgehead atoms. The van der Waals surface area contributed by atoms with E-state index < -0.39 is 14.5 Å². The van der Waals surface area contributed by atoms with Gasteiger partial charge in [-0.15, -0.1) is 0 Å². The second-order valence-corrected chi connectivity index (χ2v) is 19.9. The summed E-state index contributed by atoms with van der Waals surface area (Å²) in [5.74, 6) is 0. The minimum absolute atomic E-state index is 0. The van der Waals surface area contributed by atoms with Gasteiger partial charge in [-0.1, -0.05) is 0 Å². The molecule has 0 aromatic heterocycles. The molecule has 6 heteroatoms. The van der Waals surface area contributed by atoms with Crippen molar-refractivity contribution in [3.05, 3.63) is 34.1 Å². The second-order valence-electron chi connectivity index (χ2n) is 10.6. The van der Waals surface area contributed by atoms with Gasteiger partial charge in [0, 0.05) is 20.6 Å². The number of rotatable bonds is 0. The summed E-state index contributed by atoms with van der Waals surface area (Å²) in [6.45, 7) is 44.2. The van der Waals surface area contributed by atoms with Crippen molar-refractivity contribution in [2.24, 2.45) is 0 Å². The summed E-state index contributed by atoms with van der Waals surface area (Å²) >= 11 is 3.50.